The number of nitrogens with two attached hydrogens (primary N) is 1. The Balaban J connectivity index is 0.00000169. The predicted octanol–water partition coefficient (Wildman–Crippen LogP) is 3.46. The molecule has 0 fully saturated rings. The highest BCUT2D eigenvalue weighted by Crippen LogP contribution is 2.19. The molecule has 1 unspecified atom stereocenters. The topological polar surface area (TPSA) is 26.0 Å². The molecule has 1 nitrogen and oxygen atoms in total. The number of aryl methyl sites for hydroxylation is 1. The summed E-state index contributed by atoms with van der Waals surface area (Å²) in [6.45, 7) is 4.21. The van der Waals surface area contributed by atoms with E-state index >= 15 is 0 Å². The van der Waals surface area contributed by atoms with E-state index in [0.29, 0.717) is 0 Å². The van der Waals surface area contributed by atoms with E-state index in [4.69, 9.17) is 5.73 Å². The van der Waals surface area contributed by atoms with Crippen LogP contribution in [-0.2, 0) is 6.42 Å². The molecule has 1 rings (SSSR count). The summed E-state index contributed by atoms with van der Waals surface area (Å²) in [4.78, 5) is 0. The Kier molecular flexibility index (Phi) is 6.41. The monoisotopic (exact) mass is 277 g/mol. The standard InChI is InChI=1S/C11H16BrN.ClH/c1-3-10(13)7-9-5-4-8(2)6-11(9)12;/h4-6,10H,3,7,13H2,1-2H3;1H. The number of rotatable bonds is 3. The van der Waals surface area contributed by atoms with E-state index in [-0.39, 0.29) is 18.4 Å². The number of benzene rings is 1. The van der Waals surface area contributed by atoms with Gasteiger partial charge in [0.05, 0.1) is 0 Å². The van der Waals surface area contributed by atoms with Gasteiger partial charge in [-0.25, -0.2) is 0 Å². The largest absolute Gasteiger partial charge is 0.327 e. The van der Waals surface area contributed by atoms with Gasteiger partial charge in [0.2, 0.25) is 0 Å². The zero-order chi connectivity index (χ0) is 9.84. The maximum Gasteiger partial charge on any atom is 0.0210 e. The van der Waals surface area contributed by atoms with Gasteiger partial charge in [-0.05, 0) is 37.0 Å². The lowest BCUT2D eigenvalue weighted by molar-refractivity contribution is 0.645. The number of hydrogen-bond acceptors (Lipinski definition) is 1. The molecule has 1 aromatic rings. The molecular weight excluding hydrogens is 261 g/mol. The third-order valence-corrected chi connectivity index (χ3v) is 2.95. The van der Waals surface area contributed by atoms with Crippen LogP contribution in [0.1, 0.15) is 24.5 Å². The molecule has 0 aliphatic carbocycles. The summed E-state index contributed by atoms with van der Waals surface area (Å²) < 4.78 is 1.18. The van der Waals surface area contributed by atoms with E-state index in [9.17, 15) is 0 Å². The van der Waals surface area contributed by atoms with Crippen LogP contribution in [0.3, 0.4) is 0 Å². The summed E-state index contributed by atoms with van der Waals surface area (Å²) >= 11 is 3.55. The van der Waals surface area contributed by atoms with E-state index in [2.05, 4.69) is 48.0 Å². The van der Waals surface area contributed by atoms with Gasteiger partial charge in [0.1, 0.15) is 0 Å². The lowest BCUT2D eigenvalue weighted by Crippen LogP contribution is -2.21. The first-order valence-electron chi connectivity index (χ1n) is 4.64. The first-order valence-corrected chi connectivity index (χ1v) is 5.43. The summed E-state index contributed by atoms with van der Waals surface area (Å²) in [6.07, 6.45) is 1.98. The fourth-order valence-corrected chi connectivity index (χ4v) is 1.90. The third kappa shape index (κ3) is 3.99. The second-order valence-electron chi connectivity index (χ2n) is 3.47. The molecule has 80 valence electrons. The summed E-state index contributed by atoms with van der Waals surface area (Å²) in [5.41, 5.74) is 8.48. The van der Waals surface area contributed by atoms with Crippen LogP contribution in [0, 0.1) is 6.92 Å². The molecule has 0 bridgehead atoms. The van der Waals surface area contributed by atoms with Crippen LogP contribution in [0.2, 0.25) is 0 Å². The smallest absolute Gasteiger partial charge is 0.0210 e. The number of hydrogen-bond donors (Lipinski definition) is 1. The Morgan fingerprint density at radius 3 is 2.57 bits per heavy atom. The van der Waals surface area contributed by atoms with E-state index in [1.54, 1.807) is 0 Å². The van der Waals surface area contributed by atoms with Gasteiger partial charge in [0.15, 0.2) is 0 Å². The van der Waals surface area contributed by atoms with Crippen molar-refractivity contribution in [1.82, 2.24) is 0 Å². The van der Waals surface area contributed by atoms with Crippen LogP contribution >= 0.6 is 28.3 Å². The Bertz CT molecular complexity index is 289. The maximum atomic E-state index is 5.89. The molecule has 2 N–H and O–H groups in total. The lowest BCUT2D eigenvalue weighted by Gasteiger charge is -2.10. The van der Waals surface area contributed by atoms with Crippen molar-refractivity contribution in [2.45, 2.75) is 32.7 Å². The Morgan fingerprint density at radius 1 is 1.43 bits per heavy atom. The summed E-state index contributed by atoms with van der Waals surface area (Å²) in [5, 5.41) is 0. The summed E-state index contributed by atoms with van der Waals surface area (Å²) in [7, 11) is 0. The lowest BCUT2D eigenvalue weighted by atomic mass is 10.0. The van der Waals surface area contributed by atoms with Crippen molar-refractivity contribution in [3.05, 3.63) is 33.8 Å². The normalized spacial score (nSPS) is 12.0. The van der Waals surface area contributed by atoms with Crippen LogP contribution in [0.5, 0.6) is 0 Å². The minimum atomic E-state index is 0. The minimum Gasteiger partial charge on any atom is -0.327 e. The summed E-state index contributed by atoms with van der Waals surface area (Å²) in [5.74, 6) is 0. The van der Waals surface area contributed by atoms with Crippen molar-refractivity contribution in [1.29, 1.82) is 0 Å². The Hall–Kier alpha value is -0.0500. The Labute approximate surface area is 101 Å². The van der Waals surface area contributed by atoms with Gasteiger partial charge < -0.3 is 5.73 Å². The molecule has 0 aromatic heterocycles. The molecule has 0 spiro atoms. The second kappa shape index (κ2) is 6.44. The van der Waals surface area contributed by atoms with Crippen LogP contribution in [-0.4, -0.2) is 6.04 Å². The maximum absolute atomic E-state index is 5.89. The molecule has 0 radical (unpaired) electrons. The fourth-order valence-electron chi connectivity index (χ4n) is 1.24. The van der Waals surface area contributed by atoms with Crippen molar-refractivity contribution >= 4 is 28.3 Å². The molecule has 0 saturated carbocycles. The highest BCUT2D eigenvalue weighted by Gasteiger charge is 2.04. The molecule has 1 aromatic carbocycles. The first kappa shape index (κ1) is 13.9. The third-order valence-electron chi connectivity index (χ3n) is 2.22. The van der Waals surface area contributed by atoms with Crippen molar-refractivity contribution < 1.29 is 0 Å². The van der Waals surface area contributed by atoms with Gasteiger partial charge in [-0.15, -0.1) is 12.4 Å². The van der Waals surface area contributed by atoms with Gasteiger partial charge in [0, 0.05) is 10.5 Å². The molecule has 1 atom stereocenters. The van der Waals surface area contributed by atoms with E-state index in [1.165, 1.54) is 15.6 Å². The first-order chi connectivity index (χ1) is 6.13. The zero-order valence-corrected chi connectivity index (χ0v) is 11.0. The SMILES string of the molecule is CCC(N)Cc1ccc(C)cc1Br.Cl. The van der Waals surface area contributed by atoms with Crippen molar-refractivity contribution in [2.75, 3.05) is 0 Å². The highest BCUT2D eigenvalue weighted by atomic mass is 79.9. The predicted molar refractivity (Wildman–Crippen MR) is 68.1 cm³/mol. The molecule has 14 heavy (non-hydrogen) atoms. The minimum absolute atomic E-state index is 0. The van der Waals surface area contributed by atoms with Crippen LogP contribution < -0.4 is 5.73 Å². The summed E-state index contributed by atoms with van der Waals surface area (Å²) in [6, 6.07) is 6.69. The highest BCUT2D eigenvalue weighted by molar-refractivity contribution is 9.10. The van der Waals surface area contributed by atoms with Crippen LogP contribution in [0.25, 0.3) is 0 Å². The van der Waals surface area contributed by atoms with Crippen LogP contribution in [0.15, 0.2) is 22.7 Å². The zero-order valence-electron chi connectivity index (χ0n) is 8.59. The van der Waals surface area contributed by atoms with Gasteiger partial charge in [-0.2, -0.15) is 0 Å². The average Bonchev–Trinajstić information content (AvgIpc) is 2.09. The van der Waals surface area contributed by atoms with Gasteiger partial charge in [0.25, 0.3) is 0 Å². The van der Waals surface area contributed by atoms with E-state index in [1.807, 2.05) is 0 Å². The fraction of sp³-hybridized carbons (Fsp3) is 0.455. The van der Waals surface area contributed by atoms with Gasteiger partial charge >= 0.3 is 0 Å². The molecular formula is C11H17BrClN. The molecule has 3 heteroatoms. The molecule has 0 aliphatic rings. The van der Waals surface area contributed by atoms with Crippen molar-refractivity contribution in [3.8, 4) is 0 Å². The molecule has 0 aliphatic heterocycles. The number of halogens is 2. The van der Waals surface area contributed by atoms with E-state index < -0.39 is 0 Å². The molecule has 0 saturated heterocycles. The quantitative estimate of drug-likeness (QED) is 0.900. The van der Waals surface area contributed by atoms with Crippen molar-refractivity contribution in [2.24, 2.45) is 5.73 Å². The van der Waals surface area contributed by atoms with Gasteiger partial charge in [-0.3, -0.25) is 0 Å². The second-order valence-corrected chi connectivity index (χ2v) is 4.32. The van der Waals surface area contributed by atoms with Gasteiger partial charge in [-0.1, -0.05) is 35.0 Å². The van der Waals surface area contributed by atoms with E-state index in [0.717, 1.165) is 12.8 Å². The average molecular weight is 279 g/mol. The Morgan fingerprint density at radius 2 is 2.07 bits per heavy atom. The molecule has 0 heterocycles. The van der Waals surface area contributed by atoms with Crippen LogP contribution in [0.4, 0.5) is 0 Å². The molecule has 0 amide bonds. The van der Waals surface area contributed by atoms with Crippen molar-refractivity contribution in [3.63, 3.8) is 0 Å².